The smallest absolute Gasteiger partial charge is 0.255 e. The molecule has 0 amide bonds. The van der Waals surface area contributed by atoms with Crippen LogP contribution in [-0.2, 0) is 16.8 Å². The van der Waals surface area contributed by atoms with Crippen LogP contribution in [0.2, 0.25) is 0 Å². The van der Waals surface area contributed by atoms with Crippen molar-refractivity contribution in [3.8, 4) is 0 Å². The highest BCUT2D eigenvalue weighted by Gasteiger charge is 2.12. The van der Waals surface area contributed by atoms with Gasteiger partial charge in [-0.2, -0.15) is 13.5 Å². The Balaban J connectivity index is 2.83. The van der Waals surface area contributed by atoms with E-state index in [4.69, 9.17) is 0 Å². The molecule has 86 valence electrons. The molecule has 1 heterocycles. The Labute approximate surface area is 90.8 Å². The topological polar surface area (TPSA) is 69.0 Å². The summed E-state index contributed by atoms with van der Waals surface area (Å²) in [6.07, 6.45) is 0. The highest BCUT2D eigenvalue weighted by atomic mass is 32.3. The molecule has 0 aliphatic heterocycles. The van der Waals surface area contributed by atoms with E-state index < -0.39 is 16.0 Å². The zero-order valence-electron chi connectivity index (χ0n) is 8.31. The van der Waals surface area contributed by atoms with Crippen molar-refractivity contribution in [2.45, 2.75) is 26.3 Å². The molecule has 0 unspecified atom stereocenters. The maximum atomic E-state index is 12.2. The van der Waals surface area contributed by atoms with Gasteiger partial charge in [0.2, 0.25) is 0 Å². The fourth-order valence-corrected chi connectivity index (χ4v) is 2.07. The van der Waals surface area contributed by atoms with Gasteiger partial charge in [0.1, 0.15) is 5.01 Å². The van der Waals surface area contributed by atoms with Crippen molar-refractivity contribution >= 4 is 21.6 Å². The summed E-state index contributed by atoms with van der Waals surface area (Å²) >= 11 is 0.952. The van der Waals surface area contributed by atoms with Crippen LogP contribution in [0.25, 0.3) is 0 Å². The number of aryl methyl sites for hydroxylation is 1. The van der Waals surface area contributed by atoms with Crippen LogP contribution in [0.15, 0.2) is 4.79 Å². The third-order valence-electron chi connectivity index (χ3n) is 1.66. The first kappa shape index (κ1) is 12.3. The van der Waals surface area contributed by atoms with Crippen molar-refractivity contribution < 1.29 is 12.3 Å². The Kier molecular flexibility index (Phi) is 3.61. The molecule has 15 heavy (non-hydrogen) atoms. The third kappa shape index (κ3) is 3.71. The lowest BCUT2D eigenvalue weighted by Crippen LogP contribution is -2.19. The first-order valence-corrected chi connectivity index (χ1v) is 6.66. The zero-order chi connectivity index (χ0) is 11.6. The maximum absolute atomic E-state index is 12.2. The molecule has 0 aliphatic rings. The summed E-state index contributed by atoms with van der Waals surface area (Å²) in [5.41, 5.74) is 0. The largest absolute Gasteiger partial charge is 0.325 e. The molecule has 0 saturated carbocycles. The minimum absolute atomic E-state index is 0.103. The van der Waals surface area contributed by atoms with E-state index in [9.17, 15) is 17.1 Å². The van der Waals surface area contributed by atoms with Crippen LogP contribution in [-0.4, -0.2) is 24.0 Å². The second kappa shape index (κ2) is 4.40. The Morgan fingerprint density at radius 1 is 1.53 bits per heavy atom. The normalized spacial score (nSPS) is 12.3. The summed E-state index contributed by atoms with van der Waals surface area (Å²) in [5, 5.41) is 4.53. The van der Waals surface area contributed by atoms with Gasteiger partial charge in [-0.05, 0) is 0 Å². The standard InChI is InChI=1S/C7H11FN2O3S2/c1-5(2)6-9-10(7(11)14-6)3-4-15(8,12)13/h5H,3-4H2,1-2H3. The van der Waals surface area contributed by atoms with E-state index in [-0.39, 0.29) is 17.3 Å². The second-order valence-electron chi connectivity index (χ2n) is 3.33. The van der Waals surface area contributed by atoms with Gasteiger partial charge in [0.05, 0.1) is 12.3 Å². The lowest BCUT2D eigenvalue weighted by molar-refractivity contribution is 0.536. The maximum Gasteiger partial charge on any atom is 0.325 e. The van der Waals surface area contributed by atoms with Crippen LogP contribution in [0.1, 0.15) is 24.8 Å². The van der Waals surface area contributed by atoms with E-state index in [0.29, 0.717) is 5.01 Å². The van der Waals surface area contributed by atoms with Crippen molar-refractivity contribution in [1.29, 1.82) is 0 Å². The summed E-state index contributed by atoms with van der Waals surface area (Å²) in [7, 11) is -4.55. The number of rotatable bonds is 4. The molecule has 0 aliphatic carbocycles. The highest BCUT2D eigenvalue weighted by molar-refractivity contribution is 7.86. The van der Waals surface area contributed by atoms with Gasteiger partial charge in [0.15, 0.2) is 0 Å². The molecule has 8 heteroatoms. The number of nitrogens with zero attached hydrogens (tertiary/aromatic N) is 2. The summed E-state index contributed by atoms with van der Waals surface area (Å²) in [5.74, 6) is -0.611. The Morgan fingerprint density at radius 3 is 2.53 bits per heavy atom. The van der Waals surface area contributed by atoms with Crippen LogP contribution >= 0.6 is 11.3 Å². The highest BCUT2D eigenvalue weighted by Crippen LogP contribution is 2.12. The van der Waals surface area contributed by atoms with Crippen molar-refractivity contribution in [2.24, 2.45) is 0 Å². The quantitative estimate of drug-likeness (QED) is 0.743. The van der Waals surface area contributed by atoms with Crippen LogP contribution in [0.4, 0.5) is 3.89 Å². The molecule has 0 spiro atoms. The molecule has 1 aromatic rings. The molecule has 0 saturated heterocycles. The molecule has 5 nitrogen and oxygen atoms in total. The average Bonchev–Trinajstić information content (AvgIpc) is 2.42. The molecule has 1 rings (SSSR count). The molecular weight excluding hydrogens is 243 g/mol. The number of hydrogen-bond acceptors (Lipinski definition) is 5. The van der Waals surface area contributed by atoms with Crippen LogP contribution in [0, 0.1) is 0 Å². The molecule has 0 atom stereocenters. The summed E-state index contributed by atoms with van der Waals surface area (Å²) in [6, 6.07) is 0. The minimum atomic E-state index is -4.55. The zero-order valence-corrected chi connectivity index (χ0v) is 9.94. The van der Waals surface area contributed by atoms with E-state index in [0.717, 1.165) is 16.0 Å². The minimum Gasteiger partial charge on any atom is -0.255 e. The number of aromatic nitrogens is 2. The van der Waals surface area contributed by atoms with Gasteiger partial charge in [-0.25, -0.2) is 4.68 Å². The van der Waals surface area contributed by atoms with Crippen molar-refractivity contribution in [2.75, 3.05) is 5.75 Å². The third-order valence-corrected chi connectivity index (χ3v) is 3.48. The molecule has 0 radical (unpaired) electrons. The summed E-state index contributed by atoms with van der Waals surface area (Å²) in [6.45, 7) is 3.50. The van der Waals surface area contributed by atoms with E-state index in [1.54, 1.807) is 0 Å². The van der Waals surface area contributed by atoms with Crippen molar-refractivity contribution in [1.82, 2.24) is 9.78 Å². The van der Waals surface area contributed by atoms with Gasteiger partial charge in [0.25, 0.3) is 0 Å². The first-order valence-electron chi connectivity index (χ1n) is 4.30. The Bertz CT molecular complexity index is 489. The van der Waals surface area contributed by atoms with Gasteiger partial charge in [-0.3, -0.25) is 4.79 Å². The van der Waals surface area contributed by atoms with Gasteiger partial charge in [0, 0.05) is 5.92 Å². The van der Waals surface area contributed by atoms with E-state index in [1.165, 1.54) is 0 Å². The van der Waals surface area contributed by atoms with E-state index in [1.807, 2.05) is 13.8 Å². The number of hydrogen-bond donors (Lipinski definition) is 0. The number of halogens is 1. The van der Waals surface area contributed by atoms with Crippen molar-refractivity contribution in [3.63, 3.8) is 0 Å². The Morgan fingerprint density at radius 2 is 2.13 bits per heavy atom. The molecule has 0 aromatic carbocycles. The fourth-order valence-electron chi connectivity index (χ4n) is 0.892. The van der Waals surface area contributed by atoms with Crippen molar-refractivity contribution in [3.05, 3.63) is 14.7 Å². The Hall–Kier alpha value is -0.760. The second-order valence-corrected chi connectivity index (χ2v) is 5.78. The molecule has 1 aromatic heterocycles. The summed E-state index contributed by atoms with van der Waals surface area (Å²) in [4.78, 5) is 10.9. The molecule has 0 N–H and O–H groups in total. The lowest BCUT2D eigenvalue weighted by atomic mass is 10.2. The summed E-state index contributed by atoms with van der Waals surface area (Å²) < 4.78 is 33.7. The monoisotopic (exact) mass is 254 g/mol. The van der Waals surface area contributed by atoms with Crippen LogP contribution < -0.4 is 4.87 Å². The van der Waals surface area contributed by atoms with Gasteiger partial charge in [-0.1, -0.05) is 25.2 Å². The SMILES string of the molecule is CC(C)c1nn(CCS(=O)(=O)F)c(=O)s1. The average molecular weight is 254 g/mol. The van der Waals surface area contributed by atoms with Gasteiger partial charge < -0.3 is 0 Å². The van der Waals surface area contributed by atoms with E-state index in [2.05, 4.69) is 5.10 Å². The predicted molar refractivity (Wildman–Crippen MR) is 55.4 cm³/mol. The molecular formula is C7H11FN2O3S2. The van der Waals surface area contributed by atoms with Gasteiger partial charge >= 0.3 is 15.1 Å². The molecule has 0 bridgehead atoms. The van der Waals surface area contributed by atoms with Crippen LogP contribution in [0.3, 0.4) is 0 Å². The fraction of sp³-hybridized carbons (Fsp3) is 0.714. The van der Waals surface area contributed by atoms with E-state index >= 15 is 0 Å². The van der Waals surface area contributed by atoms with Crippen LogP contribution in [0.5, 0.6) is 0 Å². The first-order chi connectivity index (χ1) is 6.79. The van der Waals surface area contributed by atoms with Gasteiger partial charge in [-0.15, -0.1) is 3.89 Å². The lowest BCUT2D eigenvalue weighted by Gasteiger charge is -1.97. The predicted octanol–water partition coefficient (Wildman–Crippen LogP) is 0.728. The molecule has 0 fully saturated rings.